The normalized spacial score (nSPS) is 25.1. The Bertz CT molecular complexity index is 241. The Morgan fingerprint density at radius 2 is 2.25 bits per heavy atom. The summed E-state index contributed by atoms with van der Waals surface area (Å²) in [5.74, 6) is 0.901. The Balaban J connectivity index is 1.69. The van der Waals surface area contributed by atoms with Gasteiger partial charge in [-0.05, 0) is 38.6 Å². The van der Waals surface area contributed by atoms with Gasteiger partial charge in [-0.1, -0.05) is 0 Å². The first-order valence-corrected chi connectivity index (χ1v) is 6.33. The van der Waals surface area contributed by atoms with Crippen LogP contribution in [0.15, 0.2) is 0 Å². The van der Waals surface area contributed by atoms with Crippen LogP contribution >= 0.6 is 0 Å². The van der Waals surface area contributed by atoms with Gasteiger partial charge < -0.3 is 15.0 Å². The van der Waals surface area contributed by atoms with Crippen molar-refractivity contribution in [3.8, 4) is 0 Å². The maximum Gasteiger partial charge on any atom is 0.248 e. The van der Waals surface area contributed by atoms with E-state index in [-0.39, 0.29) is 12.5 Å². The summed E-state index contributed by atoms with van der Waals surface area (Å²) >= 11 is 0. The average Bonchev–Trinajstić information content (AvgIpc) is 2.97. The van der Waals surface area contributed by atoms with Gasteiger partial charge in [0.25, 0.3) is 0 Å². The summed E-state index contributed by atoms with van der Waals surface area (Å²) in [5.41, 5.74) is 0. The topological polar surface area (TPSA) is 41.6 Å². The molecule has 0 aromatic heterocycles. The molecule has 0 bridgehead atoms. The van der Waals surface area contributed by atoms with Crippen LogP contribution in [-0.4, -0.2) is 50.2 Å². The average molecular weight is 226 g/mol. The van der Waals surface area contributed by atoms with Gasteiger partial charge >= 0.3 is 0 Å². The molecule has 0 radical (unpaired) electrons. The molecule has 1 saturated carbocycles. The molecule has 2 aliphatic rings. The van der Waals surface area contributed by atoms with Crippen molar-refractivity contribution < 1.29 is 9.53 Å². The van der Waals surface area contributed by atoms with Gasteiger partial charge in [0.15, 0.2) is 0 Å². The number of amides is 1. The Hall–Kier alpha value is -0.610. The van der Waals surface area contributed by atoms with E-state index in [1.54, 1.807) is 0 Å². The predicted octanol–water partition coefficient (Wildman–Crippen LogP) is 0.623. The minimum atomic E-state index is 0.165. The highest BCUT2D eigenvalue weighted by Gasteiger charge is 2.28. The van der Waals surface area contributed by atoms with Crippen LogP contribution in [0.25, 0.3) is 0 Å². The number of nitrogens with zero attached hydrogens (tertiary/aromatic N) is 1. The van der Waals surface area contributed by atoms with Crippen molar-refractivity contribution >= 4 is 5.91 Å². The molecular formula is C12H22N2O2. The number of likely N-dealkylation sites (tertiary alicyclic amines) is 1. The quantitative estimate of drug-likeness (QED) is 0.722. The number of nitrogens with one attached hydrogen (secondary N) is 1. The van der Waals surface area contributed by atoms with Gasteiger partial charge in [-0.15, -0.1) is 0 Å². The van der Waals surface area contributed by atoms with Crippen LogP contribution in [0.1, 0.15) is 25.7 Å². The zero-order chi connectivity index (χ0) is 11.4. The summed E-state index contributed by atoms with van der Waals surface area (Å²) in [6.07, 6.45) is 4.80. The largest absolute Gasteiger partial charge is 0.371 e. The molecule has 1 amide bonds. The van der Waals surface area contributed by atoms with Crippen LogP contribution in [0.5, 0.6) is 0 Å². The van der Waals surface area contributed by atoms with E-state index >= 15 is 0 Å². The summed E-state index contributed by atoms with van der Waals surface area (Å²) in [7, 11) is 1.94. The lowest BCUT2D eigenvalue weighted by molar-refractivity contribution is -0.137. The van der Waals surface area contributed by atoms with Crippen LogP contribution in [0.2, 0.25) is 0 Å². The minimum absolute atomic E-state index is 0.165. The Morgan fingerprint density at radius 3 is 2.94 bits per heavy atom. The maximum absolute atomic E-state index is 11.9. The van der Waals surface area contributed by atoms with Crippen LogP contribution in [-0.2, 0) is 9.53 Å². The van der Waals surface area contributed by atoms with Gasteiger partial charge in [-0.2, -0.15) is 0 Å². The first-order valence-electron chi connectivity index (χ1n) is 6.33. The highest BCUT2D eigenvalue weighted by Crippen LogP contribution is 2.28. The second-order valence-electron chi connectivity index (χ2n) is 4.90. The summed E-state index contributed by atoms with van der Waals surface area (Å²) in [6.45, 7) is 2.85. The summed E-state index contributed by atoms with van der Waals surface area (Å²) in [5, 5.41) is 3.14. The van der Waals surface area contributed by atoms with E-state index < -0.39 is 0 Å². The molecule has 16 heavy (non-hydrogen) atoms. The van der Waals surface area contributed by atoms with E-state index in [1.807, 2.05) is 11.9 Å². The van der Waals surface area contributed by atoms with Crippen molar-refractivity contribution in [2.45, 2.75) is 31.7 Å². The van der Waals surface area contributed by atoms with E-state index in [0.29, 0.717) is 6.04 Å². The third-order valence-corrected chi connectivity index (χ3v) is 3.41. The molecule has 0 aromatic rings. The number of carbonyl (C=O) groups is 1. The lowest BCUT2D eigenvalue weighted by atomic mass is 10.2. The Morgan fingerprint density at radius 1 is 1.44 bits per heavy atom. The second-order valence-corrected chi connectivity index (χ2v) is 4.90. The van der Waals surface area contributed by atoms with Gasteiger partial charge in [0, 0.05) is 19.1 Å². The number of hydrogen-bond donors (Lipinski definition) is 1. The van der Waals surface area contributed by atoms with Gasteiger partial charge in [-0.25, -0.2) is 0 Å². The van der Waals surface area contributed by atoms with Crippen molar-refractivity contribution in [1.82, 2.24) is 10.2 Å². The lowest BCUT2D eigenvalue weighted by Gasteiger charge is -2.24. The van der Waals surface area contributed by atoms with Crippen LogP contribution < -0.4 is 5.32 Å². The van der Waals surface area contributed by atoms with Crippen molar-refractivity contribution in [3.63, 3.8) is 0 Å². The van der Waals surface area contributed by atoms with Gasteiger partial charge in [0.05, 0.1) is 6.61 Å². The number of rotatable bonds is 6. The van der Waals surface area contributed by atoms with Gasteiger partial charge in [-0.3, -0.25) is 4.79 Å². The number of carbonyl (C=O) groups excluding carboxylic acids is 1. The number of likely N-dealkylation sites (N-methyl/N-ethyl adjacent to an activating group) is 1. The fraction of sp³-hybridized carbons (Fsp3) is 0.917. The number of hydrogen-bond acceptors (Lipinski definition) is 3. The van der Waals surface area contributed by atoms with Crippen LogP contribution in [0.4, 0.5) is 0 Å². The first kappa shape index (κ1) is 11.9. The zero-order valence-electron chi connectivity index (χ0n) is 10.1. The first-order chi connectivity index (χ1) is 7.81. The second kappa shape index (κ2) is 5.64. The Labute approximate surface area is 97.3 Å². The third-order valence-electron chi connectivity index (χ3n) is 3.41. The van der Waals surface area contributed by atoms with Gasteiger partial charge in [0.1, 0.15) is 6.61 Å². The summed E-state index contributed by atoms with van der Waals surface area (Å²) < 4.78 is 5.45. The molecule has 1 unspecified atom stereocenters. The predicted molar refractivity (Wildman–Crippen MR) is 62.2 cm³/mol. The highest BCUT2D eigenvalue weighted by atomic mass is 16.5. The van der Waals surface area contributed by atoms with E-state index in [2.05, 4.69) is 5.32 Å². The minimum Gasteiger partial charge on any atom is -0.371 e. The fourth-order valence-corrected chi connectivity index (χ4v) is 2.29. The molecule has 1 N–H and O–H groups in total. The summed E-state index contributed by atoms with van der Waals surface area (Å²) in [4.78, 5) is 13.9. The molecule has 1 aliphatic carbocycles. The molecule has 2 rings (SSSR count). The standard InChI is InChI=1S/C12H22N2O2/c1-13-7-11-3-2-6-14(11)12(15)9-16-8-10-4-5-10/h10-11,13H,2-9H2,1H3. The zero-order valence-corrected chi connectivity index (χ0v) is 10.1. The molecule has 4 nitrogen and oxygen atoms in total. The highest BCUT2D eigenvalue weighted by molar-refractivity contribution is 5.78. The van der Waals surface area contributed by atoms with Crippen LogP contribution in [0, 0.1) is 5.92 Å². The van der Waals surface area contributed by atoms with E-state index in [1.165, 1.54) is 12.8 Å². The fourth-order valence-electron chi connectivity index (χ4n) is 2.29. The van der Waals surface area contributed by atoms with Crippen molar-refractivity contribution in [3.05, 3.63) is 0 Å². The van der Waals surface area contributed by atoms with Crippen molar-refractivity contribution in [2.75, 3.05) is 33.4 Å². The molecule has 1 saturated heterocycles. The third kappa shape index (κ3) is 3.19. The molecule has 4 heteroatoms. The molecule has 1 aliphatic heterocycles. The number of ether oxygens (including phenoxy) is 1. The smallest absolute Gasteiger partial charge is 0.248 e. The monoisotopic (exact) mass is 226 g/mol. The molecule has 1 heterocycles. The molecule has 0 spiro atoms. The SMILES string of the molecule is CNCC1CCCN1C(=O)COCC1CC1. The Kier molecular flexibility index (Phi) is 4.18. The van der Waals surface area contributed by atoms with Gasteiger partial charge in [0.2, 0.25) is 5.91 Å². The van der Waals surface area contributed by atoms with Crippen molar-refractivity contribution in [1.29, 1.82) is 0 Å². The van der Waals surface area contributed by atoms with Crippen LogP contribution in [0.3, 0.4) is 0 Å². The van der Waals surface area contributed by atoms with E-state index in [4.69, 9.17) is 4.74 Å². The molecule has 2 fully saturated rings. The summed E-state index contributed by atoms with van der Waals surface area (Å²) in [6, 6.07) is 0.377. The van der Waals surface area contributed by atoms with Crippen molar-refractivity contribution in [2.24, 2.45) is 5.92 Å². The molecule has 0 aromatic carbocycles. The molecule has 1 atom stereocenters. The molecule has 92 valence electrons. The molecular weight excluding hydrogens is 204 g/mol. The maximum atomic E-state index is 11.9. The van der Waals surface area contributed by atoms with E-state index in [0.717, 1.165) is 38.5 Å². The lowest BCUT2D eigenvalue weighted by Crippen LogP contribution is -2.42. The van der Waals surface area contributed by atoms with E-state index in [9.17, 15) is 4.79 Å².